The van der Waals surface area contributed by atoms with Crippen molar-refractivity contribution in [2.45, 2.75) is 24.0 Å². The van der Waals surface area contributed by atoms with Gasteiger partial charge in [0.05, 0.1) is 0 Å². The van der Waals surface area contributed by atoms with E-state index in [1.807, 2.05) is 36.4 Å². The average molecular weight is 428 g/mol. The third-order valence-electron chi connectivity index (χ3n) is 3.66. The SMILES string of the molecule is O=C1c2c(Br)cc(OCc3ccccc3)cc2CCC1(F)Br. The second-order valence-corrected chi connectivity index (χ2v) is 7.36. The lowest BCUT2D eigenvalue weighted by atomic mass is 9.89. The summed E-state index contributed by atoms with van der Waals surface area (Å²) in [5.74, 6) is 0.137. The minimum Gasteiger partial charge on any atom is -0.489 e. The molecule has 0 radical (unpaired) electrons. The Morgan fingerprint density at radius 1 is 1.23 bits per heavy atom. The molecule has 0 amide bonds. The van der Waals surface area contributed by atoms with E-state index in [4.69, 9.17) is 4.74 Å². The first-order chi connectivity index (χ1) is 10.5. The van der Waals surface area contributed by atoms with Gasteiger partial charge in [0, 0.05) is 16.5 Å². The van der Waals surface area contributed by atoms with Crippen LogP contribution >= 0.6 is 31.9 Å². The highest BCUT2D eigenvalue weighted by atomic mass is 79.9. The number of hydrogen-bond acceptors (Lipinski definition) is 2. The van der Waals surface area contributed by atoms with Gasteiger partial charge >= 0.3 is 0 Å². The Morgan fingerprint density at radius 2 is 1.95 bits per heavy atom. The van der Waals surface area contributed by atoms with Crippen molar-refractivity contribution in [3.8, 4) is 5.75 Å². The monoisotopic (exact) mass is 426 g/mol. The van der Waals surface area contributed by atoms with Crippen molar-refractivity contribution in [2.24, 2.45) is 0 Å². The number of carbonyl (C=O) groups is 1. The minimum atomic E-state index is -1.96. The van der Waals surface area contributed by atoms with E-state index in [9.17, 15) is 9.18 Å². The molecule has 0 saturated carbocycles. The average Bonchev–Trinajstić information content (AvgIpc) is 2.50. The van der Waals surface area contributed by atoms with E-state index in [1.54, 1.807) is 6.07 Å². The molecule has 3 rings (SSSR count). The Balaban J connectivity index is 1.84. The molecule has 0 spiro atoms. The molecule has 22 heavy (non-hydrogen) atoms. The molecule has 5 heteroatoms. The fourth-order valence-electron chi connectivity index (χ4n) is 2.50. The molecule has 1 aliphatic rings. The van der Waals surface area contributed by atoms with Gasteiger partial charge in [-0.3, -0.25) is 4.79 Å². The Kier molecular flexibility index (Phi) is 4.37. The number of Topliss-reactive ketones (excluding diaryl/α,β-unsaturated/α-hetero) is 1. The quantitative estimate of drug-likeness (QED) is 0.628. The molecule has 2 nitrogen and oxygen atoms in total. The van der Waals surface area contributed by atoms with Crippen LogP contribution in [0.25, 0.3) is 0 Å². The van der Waals surface area contributed by atoms with Crippen LogP contribution in [0.5, 0.6) is 5.75 Å². The van der Waals surface area contributed by atoms with Gasteiger partial charge < -0.3 is 4.74 Å². The number of ether oxygens (including phenoxy) is 1. The summed E-state index contributed by atoms with van der Waals surface area (Å²) in [4.78, 5) is 12.2. The third-order valence-corrected chi connectivity index (χ3v) is 5.04. The minimum absolute atomic E-state index is 0.132. The van der Waals surface area contributed by atoms with Crippen molar-refractivity contribution in [2.75, 3.05) is 0 Å². The smallest absolute Gasteiger partial charge is 0.227 e. The zero-order chi connectivity index (χ0) is 15.7. The van der Waals surface area contributed by atoms with E-state index in [2.05, 4.69) is 31.9 Å². The molecule has 1 atom stereocenters. The number of rotatable bonds is 3. The van der Waals surface area contributed by atoms with E-state index in [0.29, 0.717) is 28.8 Å². The maximum absolute atomic E-state index is 14.1. The first kappa shape index (κ1) is 15.7. The van der Waals surface area contributed by atoms with Gasteiger partial charge in [0.25, 0.3) is 0 Å². The van der Waals surface area contributed by atoms with Gasteiger partial charge in [0.1, 0.15) is 12.4 Å². The molecular weight excluding hydrogens is 415 g/mol. The second kappa shape index (κ2) is 6.13. The summed E-state index contributed by atoms with van der Waals surface area (Å²) in [7, 11) is 0. The van der Waals surface area contributed by atoms with Crippen molar-refractivity contribution in [3.63, 3.8) is 0 Å². The Labute approximate surface area is 144 Å². The highest BCUT2D eigenvalue weighted by Crippen LogP contribution is 2.41. The summed E-state index contributed by atoms with van der Waals surface area (Å²) in [6.07, 6.45) is 0.622. The lowest BCUT2D eigenvalue weighted by Gasteiger charge is -2.26. The van der Waals surface area contributed by atoms with Gasteiger partial charge in [-0.25, -0.2) is 4.39 Å². The number of fused-ring (bicyclic) bond motifs is 1. The summed E-state index contributed by atoms with van der Waals surface area (Å²) in [5, 5.41) is 0. The molecule has 0 aromatic heterocycles. The lowest BCUT2D eigenvalue weighted by molar-refractivity contribution is 0.0821. The molecule has 0 saturated heterocycles. The van der Waals surface area contributed by atoms with Gasteiger partial charge in [0.2, 0.25) is 10.4 Å². The normalized spacial score (nSPS) is 20.6. The van der Waals surface area contributed by atoms with Crippen LogP contribution in [0, 0.1) is 0 Å². The molecule has 114 valence electrons. The number of aryl methyl sites for hydroxylation is 1. The fraction of sp³-hybridized carbons (Fsp3) is 0.235. The number of alkyl halides is 2. The zero-order valence-electron chi connectivity index (χ0n) is 11.6. The van der Waals surface area contributed by atoms with E-state index >= 15 is 0 Å². The summed E-state index contributed by atoms with van der Waals surface area (Å²) in [5.41, 5.74) is 2.28. The van der Waals surface area contributed by atoms with Crippen molar-refractivity contribution >= 4 is 37.6 Å². The van der Waals surface area contributed by atoms with Crippen LogP contribution in [0.2, 0.25) is 0 Å². The highest BCUT2D eigenvalue weighted by molar-refractivity contribution is 9.10. The van der Waals surface area contributed by atoms with E-state index < -0.39 is 10.4 Å². The number of ketones is 1. The highest BCUT2D eigenvalue weighted by Gasteiger charge is 2.41. The fourth-order valence-corrected chi connectivity index (χ4v) is 3.56. The van der Waals surface area contributed by atoms with Crippen LogP contribution in [0.3, 0.4) is 0 Å². The van der Waals surface area contributed by atoms with E-state index in [-0.39, 0.29) is 6.42 Å². The Hall–Kier alpha value is -1.20. The van der Waals surface area contributed by atoms with E-state index in [1.165, 1.54) is 0 Å². The Bertz CT molecular complexity index is 714. The molecular formula is C17H13Br2FO2. The summed E-state index contributed by atoms with van der Waals surface area (Å²) >= 11 is 6.24. The second-order valence-electron chi connectivity index (χ2n) is 5.25. The third kappa shape index (κ3) is 3.10. The van der Waals surface area contributed by atoms with Crippen molar-refractivity contribution in [1.29, 1.82) is 0 Å². The maximum Gasteiger partial charge on any atom is 0.227 e. The van der Waals surface area contributed by atoms with Crippen molar-refractivity contribution in [3.05, 3.63) is 63.6 Å². The molecule has 2 aromatic carbocycles. The van der Waals surface area contributed by atoms with Crippen LogP contribution in [0.4, 0.5) is 4.39 Å². The van der Waals surface area contributed by atoms with Crippen LogP contribution in [0.15, 0.2) is 46.9 Å². The van der Waals surface area contributed by atoms with E-state index in [0.717, 1.165) is 11.1 Å². The first-order valence-corrected chi connectivity index (χ1v) is 8.48. The molecule has 0 N–H and O–H groups in total. The van der Waals surface area contributed by atoms with Crippen molar-refractivity contribution < 1.29 is 13.9 Å². The van der Waals surface area contributed by atoms with Crippen LogP contribution in [-0.2, 0) is 13.0 Å². The molecule has 0 bridgehead atoms. The molecule has 1 unspecified atom stereocenters. The molecule has 1 aliphatic carbocycles. The summed E-state index contributed by atoms with van der Waals surface area (Å²) in [6, 6.07) is 13.4. The van der Waals surface area contributed by atoms with Crippen LogP contribution < -0.4 is 4.74 Å². The van der Waals surface area contributed by atoms with Crippen LogP contribution in [-0.4, -0.2) is 10.4 Å². The Morgan fingerprint density at radius 3 is 2.68 bits per heavy atom. The lowest BCUT2D eigenvalue weighted by Crippen LogP contribution is -2.32. The van der Waals surface area contributed by atoms with Crippen molar-refractivity contribution in [1.82, 2.24) is 0 Å². The molecule has 0 heterocycles. The van der Waals surface area contributed by atoms with Gasteiger partial charge in [0.15, 0.2) is 0 Å². The van der Waals surface area contributed by atoms with Crippen LogP contribution in [0.1, 0.15) is 27.9 Å². The molecule has 0 aliphatic heterocycles. The number of benzene rings is 2. The first-order valence-electron chi connectivity index (χ1n) is 6.89. The predicted octanol–water partition coefficient (Wildman–Crippen LogP) is 5.22. The molecule has 0 fully saturated rings. The predicted molar refractivity (Wildman–Crippen MR) is 90.3 cm³/mol. The van der Waals surface area contributed by atoms with Gasteiger partial charge in [-0.2, -0.15) is 0 Å². The number of hydrogen-bond donors (Lipinski definition) is 0. The standard InChI is InChI=1S/C17H13Br2FO2/c18-14-9-13(22-10-11-4-2-1-3-5-11)8-12-6-7-17(19,20)16(21)15(12)14/h1-5,8-9H,6-7,10H2. The summed E-state index contributed by atoms with van der Waals surface area (Å²) < 4.78 is 18.5. The summed E-state index contributed by atoms with van der Waals surface area (Å²) in [6.45, 7) is 0.450. The molecule has 2 aromatic rings. The zero-order valence-corrected chi connectivity index (χ0v) is 14.8. The van der Waals surface area contributed by atoms with Gasteiger partial charge in [-0.05, 0) is 61.5 Å². The topological polar surface area (TPSA) is 26.3 Å². The number of halogens is 3. The van der Waals surface area contributed by atoms with Gasteiger partial charge in [-0.1, -0.05) is 30.3 Å². The maximum atomic E-state index is 14.1. The largest absolute Gasteiger partial charge is 0.489 e. The number of carbonyl (C=O) groups excluding carboxylic acids is 1. The van der Waals surface area contributed by atoms with Gasteiger partial charge in [-0.15, -0.1) is 0 Å².